The zero-order chi connectivity index (χ0) is 14.5. The molecule has 1 amide bonds. The van der Waals surface area contributed by atoms with Gasteiger partial charge in [-0.25, -0.2) is 0 Å². The minimum Gasteiger partial charge on any atom is -0.397 e. The highest BCUT2D eigenvalue weighted by Gasteiger charge is 2.10. The van der Waals surface area contributed by atoms with E-state index in [4.69, 9.17) is 28.9 Å². The van der Waals surface area contributed by atoms with E-state index in [0.29, 0.717) is 21.4 Å². The van der Waals surface area contributed by atoms with Crippen LogP contribution in [0.3, 0.4) is 0 Å². The Morgan fingerprint density at radius 3 is 2.55 bits per heavy atom. The van der Waals surface area contributed by atoms with Gasteiger partial charge in [0.05, 0.1) is 22.2 Å². The van der Waals surface area contributed by atoms with E-state index in [1.807, 2.05) is 30.3 Å². The summed E-state index contributed by atoms with van der Waals surface area (Å²) in [6, 6.07) is 12.8. The summed E-state index contributed by atoms with van der Waals surface area (Å²) < 4.78 is 0. The predicted molar refractivity (Wildman–Crippen MR) is 86.7 cm³/mol. The van der Waals surface area contributed by atoms with Crippen LogP contribution in [0.25, 0.3) is 0 Å². The monoisotopic (exact) mass is 326 g/mol. The highest BCUT2D eigenvalue weighted by atomic mass is 35.5. The molecule has 0 aliphatic rings. The Balaban J connectivity index is 1.98. The van der Waals surface area contributed by atoms with E-state index in [-0.39, 0.29) is 11.7 Å². The van der Waals surface area contributed by atoms with Gasteiger partial charge in [0.15, 0.2) is 0 Å². The van der Waals surface area contributed by atoms with Crippen LogP contribution >= 0.6 is 35.0 Å². The second kappa shape index (κ2) is 6.88. The van der Waals surface area contributed by atoms with Crippen molar-refractivity contribution in [3.05, 3.63) is 52.5 Å². The number of carbonyl (C=O) groups excluding carboxylic acids is 1. The summed E-state index contributed by atoms with van der Waals surface area (Å²) >= 11 is 13.3. The molecule has 20 heavy (non-hydrogen) atoms. The van der Waals surface area contributed by atoms with Gasteiger partial charge in [-0.3, -0.25) is 4.79 Å². The van der Waals surface area contributed by atoms with Crippen LogP contribution in [0.15, 0.2) is 47.4 Å². The molecule has 0 spiro atoms. The summed E-state index contributed by atoms with van der Waals surface area (Å²) in [5.41, 5.74) is 6.53. The number of carbonyl (C=O) groups is 1. The second-order valence-corrected chi connectivity index (χ2v) is 5.89. The minimum atomic E-state index is -0.172. The molecule has 0 unspecified atom stereocenters. The van der Waals surface area contributed by atoms with E-state index in [1.54, 1.807) is 12.1 Å². The largest absolute Gasteiger partial charge is 0.397 e. The lowest BCUT2D eigenvalue weighted by Gasteiger charge is -2.10. The second-order valence-electron chi connectivity index (χ2n) is 4.00. The molecule has 0 heterocycles. The zero-order valence-corrected chi connectivity index (χ0v) is 12.7. The van der Waals surface area contributed by atoms with Crippen LogP contribution in [0.1, 0.15) is 0 Å². The van der Waals surface area contributed by atoms with Gasteiger partial charge in [0.1, 0.15) is 0 Å². The first-order chi connectivity index (χ1) is 9.56. The number of hydrogen-bond acceptors (Lipinski definition) is 3. The van der Waals surface area contributed by atoms with E-state index in [9.17, 15) is 4.79 Å². The van der Waals surface area contributed by atoms with Crippen molar-refractivity contribution < 1.29 is 4.79 Å². The Morgan fingerprint density at radius 1 is 1.20 bits per heavy atom. The number of hydrogen-bond donors (Lipinski definition) is 2. The molecule has 0 saturated carbocycles. The van der Waals surface area contributed by atoms with Crippen LogP contribution in [0.2, 0.25) is 10.0 Å². The van der Waals surface area contributed by atoms with Crippen molar-refractivity contribution >= 4 is 52.2 Å². The number of amides is 1. The Hall–Kier alpha value is -1.36. The van der Waals surface area contributed by atoms with Crippen LogP contribution in [0.5, 0.6) is 0 Å². The van der Waals surface area contributed by atoms with Gasteiger partial charge < -0.3 is 11.1 Å². The van der Waals surface area contributed by atoms with Crippen molar-refractivity contribution in [1.82, 2.24) is 0 Å². The molecule has 0 aliphatic heterocycles. The molecule has 2 rings (SSSR count). The first-order valence-corrected chi connectivity index (χ1v) is 7.52. The first-order valence-electron chi connectivity index (χ1n) is 5.78. The topological polar surface area (TPSA) is 55.1 Å². The third-order valence-corrected chi connectivity index (χ3v) is 3.99. The van der Waals surface area contributed by atoms with Crippen molar-refractivity contribution in [2.45, 2.75) is 4.90 Å². The lowest BCUT2D eigenvalue weighted by Crippen LogP contribution is -2.15. The number of thioether (sulfide) groups is 1. The third-order valence-electron chi connectivity index (χ3n) is 2.46. The number of nitrogens with two attached hydrogens (primary N) is 1. The van der Waals surface area contributed by atoms with E-state index < -0.39 is 0 Å². The molecule has 0 fully saturated rings. The maximum absolute atomic E-state index is 11.9. The van der Waals surface area contributed by atoms with Crippen molar-refractivity contribution in [2.75, 3.05) is 16.8 Å². The summed E-state index contributed by atoms with van der Waals surface area (Å²) in [5.74, 6) is 0.109. The van der Waals surface area contributed by atoms with Gasteiger partial charge in [-0.05, 0) is 24.3 Å². The molecule has 0 aliphatic carbocycles. The van der Waals surface area contributed by atoms with Crippen molar-refractivity contribution in [3.8, 4) is 0 Å². The van der Waals surface area contributed by atoms with Gasteiger partial charge in [0.2, 0.25) is 5.91 Å². The number of anilines is 2. The Morgan fingerprint density at radius 2 is 1.90 bits per heavy atom. The van der Waals surface area contributed by atoms with Gasteiger partial charge in [-0.15, -0.1) is 11.8 Å². The Labute approximate surface area is 131 Å². The van der Waals surface area contributed by atoms with E-state index in [1.165, 1.54) is 11.8 Å². The van der Waals surface area contributed by atoms with Crippen molar-refractivity contribution in [1.29, 1.82) is 0 Å². The number of benzene rings is 2. The van der Waals surface area contributed by atoms with Gasteiger partial charge in [0.25, 0.3) is 0 Å². The van der Waals surface area contributed by atoms with Gasteiger partial charge >= 0.3 is 0 Å². The van der Waals surface area contributed by atoms with Gasteiger partial charge in [-0.2, -0.15) is 0 Å². The fourth-order valence-electron chi connectivity index (χ4n) is 1.57. The number of nitrogens with one attached hydrogen (secondary N) is 1. The normalized spacial score (nSPS) is 10.3. The molecule has 0 aromatic heterocycles. The molecule has 6 heteroatoms. The predicted octanol–water partition coefficient (Wildman–Crippen LogP) is 4.31. The number of halogens is 2. The van der Waals surface area contributed by atoms with Crippen LogP contribution in [-0.4, -0.2) is 11.7 Å². The average Bonchev–Trinajstić information content (AvgIpc) is 2.42. The quantitative estimate of drug-likeness (QED) is 0.650. The van der Waals surface area contributed by atoms with E-state index >= 15 is 0 Å². The van der Waals surface area contributed by atoms with E-state index in [2.05, 4.69) is 5.32 Å². The van der Waals surface area contributed by atoms with Crippen LogP contribution in [-0.2, 0) is 4.79 Å². The molecule has 2 aromatic carbocycles. The molecular weight excluding hydrogens is 315 g/mol. The molecule has 0 atom stereocenters. The summed E-state index contributed by atoms with van der Waals surface area (Å²) in [7, 11) is 0. The van der Waals surface area contributed by atoms with Crippen LogP contribution in [0.4, 0.5) is 11.4 Å². The lowest BCUT2D eigenvalue weighted by molar-refractivity contribution is -0.113. The summed E-state index contributed by atoms with van der Waals surface area (Å²) in [4.78, 5) is 12.9. The molecular formula is C14H12Cl2N2OS. The Bertz CT molecular complexity index is 597. The SMILES string of the molecule is Nc1cc(Cl)cc(Cl)c1NC(=O)CSc1ccccc1. The third kappa shape index (κ3) is 4.07. The van der Waals surface area contributed by atoms with Gasteiger partial charge in [0, 0.05) is 9.92 Å². The van der Waals surface area contributed by atoms with E-state index in [0.717, 1.165) is 4.90 Å². The first kappa shape index (κ1) is 15.0. The highest BCUT2D eigenvalue weighted by Crippen LogP contribution is 2.32. The van der Waals surface area contributed by atoms with Crippen molar-refractivity contribution in [3.63, 3.8) is 0 Å². The molecule has 3 N–H and O–H groups in total. The van der Waals surface area contributed by atoms with Crippen LogP contribution < -0.4 is 11.1 Å². The Kier molecular flexibility index (Phi) is 5.17. The van der Waals surface area contributed by atoms with Crippen molar-refractivity contribution in [2.24, 2.45) is 0 Å². The fourth-order valence-corrected chi connectivity index (χ4v) is 2.84. The lowest BCUT2D eigenvalue weighted by atomic mass is 10.2. The molecule has 3 nitrogen and oxygen atoms in total. The fraction of sp³-hybridized carbons (Fsp3) is 0.0714. The zero-order valence-electron chi connectivity index (χ0n) is 10.4. The molecule has 0 bridgehead atoms. The summed E-state index contributed by atoms with van der Waals surface area (Å²) in [5, 5.41) is 3.46. The maximum Gasteiger partial charge on any atom is 0.234 e. The average molecular weight is 327 g/mol. The van der Waals surface area contributed by atoms with Gasteiger partial charge in [-0.1, -0.05) is 41.4 Å². The standard InChI is InChI=1S/C14H12Cl2N2OS/c15-9-6-11(16)14(12(17)7-9)18-13(19)8-20-10-4-2-1-3-5-10/h1-7H,8,17H2,(H,18,19). The summed E-state index contributed by atoms with van der Waals surface area (Å²) in [6.45, 7) is 0. The maximum atomic E-state index is 11.9. The smallest absolute Gasteiger partial charge is 0.234 e. The summed E-state index contributed by atoms with van der Waals surface area (Å²) in [6.07, 6.45) is 0. The molecule has 2 aromatic rings. The minimum absolute atomic E-state index is 0.172. The number of rotatable bonds is 4. The molecule has 0 radical (unpaired) electrons. The van der Waals surface area contributed by atoms with Crippen LogP contribution in [0, 0.1) is 0 Å². The highest BCUT2D eigenvalue weighted by molar-refractivity contribution is 8.00. The molecule has 104 valence electrons. The number of nitrogen functional groups attached to an aromatic ring is 1. The molecule has 0 saturated heterocycles.